The lowest BCUT2D eigenvalue weighted by Gasteiger charge is -2.03. The Balaban J connectivity index is 2.11. The molecule has 1 unspecified atom stereocenters. The summed E-state index contributed by atoms with van der Waals surface area (Å²) in [5, 5.41) is 0. The average molecular weight is 184 g/mol. The van der Waals surface area contributed by atoms with Gasteiger partial charge in [0.25, 0.3) is 0 Å². The van der Waals surface area contributed by atoms with Gasteiger partial charge in [-0.2, -0.15) is 0 Å². The number of hydrogen-bond donors (Lipinski definition) is 0. The molecule has 2 atom stereocenters. The summed E-state index contributed by atoms with van der Waals surface area (Å²) in [4.78, 5) is 11.2. The molecule has 1 heterocycles. The quantitative estimate of drug-likeness (QED) is 0.485. The maximum atomic E-state index is 11.2. The molecule has 0 bridgehead atoms. The normalized spacial score (nSPS) is 27.7. The van der Waals surface area contributed by atoms with Crippen molar-refractivity contribution in [2.45, 2.75) is 58.5 Å². The number of carbonyl (C=O) groups is 1. The summed E-state index contributed by atoms with van der Waals surface area (Å²) in [6.07, 6.45) is 7.11. The summed E-state index contributed by atoms with van der Waals surface area (Å²) in [6.45, 7) is 4.18. The molecule has 76 valence electrons. The first-order valence-corrected chi connectivity index (χ1v) is 5.44. The van der Waals surface area contributed by atoms with E-state index >= 15 is 0 Å². The third-order valence-corrected chi connectivity index (χ3v) is 2.67. The van der Waals surface area contributed by atoms with Crippen LogP contribution >= 0.6 is 0 Å². The summed E-state index contributed by atoms with van der Waals surface area (Å²) in [6, 6.07) is 0. The van der Waals surface area contributed by atoms with Gasteiger partial charge in [0, 0.05) is 0 Å². The SMILES string of the molecule is CCCCCC[C@@H]1CC(C)OC1=O. The second kappa shape index (κ2) is 5.25. The van der Waals surface area contributed by atoms with Crippen LogP contribution in [0, 0.1) is 5.92 Å². The minimum absolute atomic E-state index is 0.0315. The highest BCUT2D eigenvalue weighted by Gasteiger charge is 2.30. The number of hydrogen-bond acceptors (Lipinski definition) is 2. The summed E-state index contributed by atoms with van der Waals surface area (Å²) < 4.78 is 5.09. The van der Waals surface area contributed by atoms with E-state index in [4.69, 9.17) is 4.74 Å². The van der Waals surface area contributed by atoms with E-state index in [1.165, 1.54) is 25.7 Å². The highest BCUT2D eigenvalue weighted by Crippen LogP contribution is 2.25. The van der Waals surface area contributed by atoms with Crippen LogP contribution in [0.4, 0.5) is 0 Å². The molecular formula is C11H20O2. The van der Waals surface area contributed by atoms with E-state index in [9.17, 15) is 4.79 Å². The van der Waals surface area contributed by atoms with E-state index in [-0.39, 0.29) is 18.0 Å². The van der Waals surface area contributed by atoms with E-state index in [2.05, 4.69) is 6.92 Å². The first-order valence-electron chi connectivity index (χ1n) is 5.44. The van der Waals surface area contributed by atoms with Gasteiger partial charge in [-0.05, 0) is 19.8 Å². The van der Waals surface area contributed by atoms with Crippen LogP contribution in [0.2, 0.25) is 0 Å². The van der Waals surface area contributed by atoms with Crippen LogP contribution in [0.5, 0.6) is 0 Å². The largest absolute Gasteiger partial charge is 0.462 e. The van der Waals surface area contributed by atoms with Crippen molar-refractivity contribution < 1.29 is 9.53 Å². The number of cyclic esters (lactones) is 1. The Labute approximate surface area is 80.7 Å². The fraction of sp³-hybridized carbons (Fsp3) is 0.909. The van der Waals surface area contributed by atoms with Crippen LogP contribution < -0.4 is 0 Å². The lowest BCUT2D eigenvalue weighted by atomic mass is 9.98. The highest BCUT2D eigenvalue weighted by atomic mass is 16.5. The van der Waals surface area contributed by atoms with Gasteiger partial charge in [0.15, 0.2) is 0 Å². The van der Waals surface area contributed by atoms with Gasteiger partial charge in [0.2, 0.25) is 0 Å². The highest BCUT2D eigenvalue weighted by molar-refractivity contribution is 5.74. The molecule has 1 aliphatic heterocycles. The van der Waals surface area contributed by atoms with E-state index in [0.29, 0.717) is 0 Å². The Kier molecular flexibility index (Phi) is 4.26. The van der Waals surface area contributed by atoms with E-state index in [0.717, 1.165) is 12.8 Å². The zero-order valence-corrected chi connectivity index (χ0v) is 8.71. The summed E-state index contributed by atoms with van der Waals surface area (Å²) in [7, 11) is 0. The van der Waals surface area contributed by atoms with E-state index < -0.39 is 0 Å². The first-order chi connectivity index (χ1) is 6.24. The van der Waals surface area contributed by atoms with Gasteiger partial charge in [-0.1, -0.05) is 32.6 Å². The second-order valence-electron chi connectivity index (χ2n) is 4.03. The van der Waals surface area contributed by atoms with Crippen molar-refractivity contribution in [3.63, 3.8) is 0 Å². The zero-order chi connectivity index (χ0) is 9.68. The Morgan fingerprint density at radius 2 is 2.15 bits per heavy atom. The van der Waals surface area contributed by atoms with Crippen molar-refractivity contribution >= 4 is 5.97 Å². The third-order valence-electron chi connectivity index (χ3n) is 2.67. The minimum atomic E-state index is 0.0315. The Hall–Kier alpha value is -0.530. The average Bonchev–Trinajstić information content (AvgIpc) is 2.39. The summed E-state index contributed by atoms with van der Waals surface area (Å²) >= 11 is 0. The van der Waals surface area contributed by atoms with Gasteiger partial charge in [-0.3, -0.25) is 4.79 Å². The smallest absolute Gasteiger partial charge is 0.309 e. The molecule has 0 saturated carbocycles. The van der Waals surface area contributed by atoms with Crippen LogP contribution in [0.15, 0.2) is 0 Å². The predicted octanol–water partition coefficient (Wildman–Crippen LogP) is 2.91. The van der Waals surface area contributed by atoms with Crippen LogP contribution in [0.3, 0.4) is 0 Å². The fourth-order valence-electron chi connectivity index (χ4n) is 1.89. The first kappa shape index (κ1) is 10.6. The molecule has 0 N–H and O–H groups in total. The molecule has 1 aliphatic rings. The molecule has 0 aromatic rings. The second-order valence-corrected chi connectivity index (χ2v) is 4.03. The molecule has 0 aliphatic carbocycles. The molecule has 0 aromatic heterocycles. The molecule has 13 heavy (non-hydrogen) atoms. The maximum absolute atomic E-state index is 11.2. The number of rotatable bonds is 5. The van der Waals surface area contributed by atoms with Gasteiger partial charge in [0.05, 0.1) is 12.0 Å². The summed E-state index contributed by atoms with van der Waals surface area (Å²) in [5.74, 6) is 0.232. The van der Waals surface area contributed by atoms with E-state index in [1.807, 2.05) is 6.92 Å². The molecule has 1 rings (SSSR count). The standard InChI is InChI=1S/C11H20O2/c1-3-4-5-6-7-10-8-9(2)13-11(10)12/h9-10H,3-8H2,1-2H3/t9?,10-/m1/s1. The van der Waals surface area contributed by atoms with Crippen LogP contribution in [0.1, 0.15) is 52.4 Å². The van der Waals surface area contributed by atoms with Gasteiger partial charge in [0.1, 0.15) is 0 Å². The van der Waals surface area contributed by atoms with Crippen molar-refractivity contribution in [1.82, 2.24) is 0 Å². The van der Waals surface area contributed by atoms with Crippen LogP contribution in [0.25, 0.3) is 0 Å². The van der Waals surface area contributed by atoms with Gasteiger partial charge in [-0.25, -0.2) is 0 Å². The zero-order valence-electron chi connectivity index (χ0n) is 8.71. The van der Waals surface area contributed by atoms with Gasteiger partial charge in [-0.15, -0.1) is 0 Å². The number of carbonyl (C=O) groups excluding carboxylic acids is 1. The maximum Gasteiger partial charge on any atom is 0.309 e. The van der Waals surface area contributed by atoms with Crippen molar-refractivity contribution in [1.29, 1.82) is 0 Å². The fourth-order valence-corrected chi connectivity index (χ4v) is 1.89. The molecule has 2 heteroatoms. The number of unbranched alkanes of at least 4 members (excludes halogenated alkanes) is 3. The Morgan fingerprint density at radius 3 is 2.69 bits per heavy atom. The topological polar surface area (TPSA) is 26.3 Å². The van der Waals surface area contributed by atoms with Gasteiger partial charge >= 0.3 is 5.97 Å². The van der Waals surface area contributed by atoms with Crippen molar-refractivity contribution in [3.8, 4) is 0 Å². The van der Waals surface area contributed by atoms with Crippen molar-refractivity contribution in [3.05, 3.63) is 0 Å². The van der Waals surface area contributed by atoms with Crippen LogP contribution in [-0.4, -0.2) is 12.1 Å². The lowest BCUT2D eigenvalue weighted by molar-refractivity contribution is -0.143. The molecule has 1 fully saturated rings. The van der Waals surface area contributed by atoms with Crippen molar-refractivity contribution in [2.24, 2.45) is 5.92 Å². The number of esters is 1. The molecular weight excluding hydrogens is 164 g/mol. The Bertz CT molecular complexity index is 165. The molecule has 0 aromatic carbocycles. The van der Waals surface area contributed by atoms with Crippen molar-refractivity contribution in [2.75, 3.05) is 0 Å². The third kappa shape index (κ3) is 3.37. The minimum Gasteiger partial charge on any atom is -0.462 e. The molecule has 1 saturated heterocycles. The van der Waals surface area contributed by atoms with Gasteiger partial charge < -0.3 is 4.74 Å². The lowest BCUT2D eigenvalue weighted by Crippen LogP contribution is -2.07. The molecule has 0 spiro atoms. The van der Waals surface area contributed by atoms with Crippen LogP contribution in [-0.2, 0) is 9.53 Å². The Morgan fingerprint density at radius 1 is 1.38 bits per heavy atom. The molecule has 2 nitrogen and oxygen atoms in total. The number of ether oxygens (including phenoxy) is 1. The predicted molar refractivity (Wildman–Crippen MR) is 52.4 cm³/mol. The van der Waals surface area contributed by atoms with E-state index in [1.54, 1.807) is 0 Å². The molecule has 0 radical (unpaired) electrons. The summed E-state index contributed by atoms with van der Waals surface area (Å²) in [5.41, 5.74) is 0. The molecule has 0 amide bonds. The monoisotopic (exact) mass is 184 g/mol.